The van der Waals surface area contributed by atoms with E-state index in [0.717, 1.165) is 18.8 Å². The zero-order chi connectivity index (χ0) is 11.8. The highest BCUT2D eigenvalue weighted by Gasteiger charge is 2.16. The lowest BCUT2D eigenvalue weighted by atomic mass is 10.1. The second-order valence-corrected chi connectivity index (χ2v) is 6.42. The first-order valence-corrected chi connectivity index (χ1v) is 7.46. The Labute approximate surface area is 104 Å². The Morgan fingerprint density at radius 2 is 2.31 bits per heavy atom. The van der Waals surface area contributed by atoms with Crippen molar-refractivity contribution < 1.29 is 4.74 Å². The van der Waals surface area contributed by atoms with Crippen LogP contribution in [0.4, 0.5) is 0 Å². The second-order valence-electron chi connectivity index (χ2n) is 4.81. The van der Waals surface area contributed by atoms with Gasteiger partial charge in [-0.3, -0.25) is 11.3 Å². The predicted octanol–water partition coefficient (Wildman–Crippen LogP) is 2.31. The van der Waals surface area contributed by atoms with Crippen LogP contribution in [-0.2, 0) is 4.74 Å². The van der Waals surface area contributed by atoms with Crippen LogP contribution in [-0.4, -0.2) is 29.8 Å². The molecule has 0 spiro atoms. The molecule has 96 valence electrons. The van der Waals surface area contributed by atoms with Crippen molar-refractivity contribution in [3.63, 3.8) is 0 Å². The maximum atomic E-state index is 5.61. The zero-order valence-electron chi connectivity index (χ0n) is 10.6. The largest absolute Gasteiger partial charge is 0.378 e. The maximum Gasteiger partial charge on any atom is 0.0576 e. The lowest BCUT2D eigenvalue weighted by Crippen LogP contribution is -2.37. The van der Waals surface area contributed by atoms with Crippen molar-refractivity contribution in [2.75, 3.05) is 12.4 Å². The van der Waals surface area contributed by atoms with Crippen LogP contribution < -0.4 is 11.3 Å². The van der Waals surface area contributed by atoms with Gasteiger partial charge < -0.3 is 4.74 Å². The third kappa shape index (κ3) is 6.09. The molecule has 4 heteroatoms. The van der Waals surface area contributed by atoms with Gasteiger partial charge in [0.15, 0.2) is 0 Å². The maximum absolute atomic E-state index is 5.61. The molecule has 1 heterocycles. The van der Waals surface area contributed by atoms with E-state index in [9.17, 15) is 0 Å². The van der Waals surface area contributed by atoms with Gasteiger partial charge in [0.1, 0.15) is 0 Å². The molecule has 3 nitrogen and oxygen atoms in total. The van der Waals surface area contributed by atoms with Gasteiger partial charge in [0, 0.05) is 18.4 Å². The highest BCUT2D eigenvalue weighted by molar-refractivity contribution is 7.99. The summed E-state index contributed by atoms with van der Waals surface area (Å²) in [7, 11) is 0. The first-order chi connectivity index (χ1) is 7.72. The molecule has 0 aliphatic carbocycles. The summed E-state index contributed by atoms with van der Waals surface area (Å²) < 4.78 is 5.61. The Kier molecular flexibility index (Phi) is 7.45. The molecule has 0 aromatic carbocycles. The van der Waals surface area contributed by atoms with Crippen molar-refractivity contribution in [2.45, 2.75) is 63.3 Å². The zero-order valence-corrected chi connectivity index (χ0v) is 11.4. The van der Waals surface area contributed by atoms with E-state index in [-0.39, 0.29) is 0 Å². The number of thioether (sulfide) groups is 1. The molecule has 1 aliphatic rings. The van der Waals surface area contributed by atoms with Crippen LogP contribution in [0.5, 0.6) is 0 Å². The van der Waals surface area contributed by atoms with Gasteiger partial charge in [-0.1, -0.05) is 13.8 Å². The molecule has 1 aliphatic heterocycles. The number of hydrogen-bond donors (Lipinski definition) is 2. The van der Waals surface area contributed by atoms with Gasteiger partial charge in [-0.15, -0.1) is 0 Å². The second kappa shape index (κ2) is 8.34. The van der Waals surface area contributed by atoms with Crippen molar-refractivity contribution in [3.8, 4) is 0 Å². The molecule has 1 fully saturated rings. The van der Waals surface area contributed by atoms with Crippen molar-refractivity contribution in [3.05, 3.63) is 0 Å². The van der Waals surface area contributed by atoms with E-state index in [1.807, 2.05) is 11.8 Å². The Hall–Kier alpha value is 0.230. The van der Waals surface area contributed by atoms with Crippen molar-refractivity contribution in [1.82, 2.24) is 5.43 Å². The summed E-state index contributed by atoms with van der Waals surface area (Å²) in [5.41, 5.74) is 2.92. The highest BCUT2D eigenvalue weighted by atomic mass is 32.2. The number of nitrogens with one attached hydrogen (secondary N) is 1. The van der Waals surface area contributed by atoms with Gasteiger partial charge in [0.25, 0.3) is 0 Å². The van der Waals surface area contributed by atoms with Gasteiger partial charge in [0.05, 0.1) is 6.10 Å². The molecule has 0 aromatic rings. The van der Waals surface area contributed by atoms with Gasteiger partial charge >= 0.3 is 0 Å². The third-order valence-corrected chi connectivity index (χ3v) is 4.23. The average molecular weight is 246 g/mol. The van der Waals surface area contributed by atoms with Crippen molar-refractivity contribution in [1.29, 1.82) is 0 Å². The minimum absolute atomic E-state index is 0.453. The van der Waals surface area contributed by atoms with Crippen molar-refractivity contribution in [2.24, 2.45) is 5.84 Å². The van der Waals surface area contributed by atoms with E-state index in [1.54, 1.807) is 0 Å². The van der Waals surface area contributed by atoms with Crippen LogP contribution in [0.2, 0.25) is 0 Å². The van der Waals surface area contributed by atoms with Crippen LogP contribution in [0.1, 0.15) is 46.0 Å². The summed E-state index contributed by atoms with van der Waals surface area (Å²) in [5, 5.41) is 0.689. The fraction of sp³-hybridized carbons (Fsp3) is 1.00. The van der Waals surface area contributed by atoms with Crippen LogP contribution in [0.25, 0.3) is 0 Å². The number of hydrogen-bond acceptors (Lipinski definition) is 4. The average Bonchev–Trinajstić information content (AvgIpc) is 2.75. The molecule has 0 amide bonds. The minimum Gasteiger partial charge on any atom is -0.378 e. The van der Waals surface area contributed by atoms with Crippen LogP contribution in [0.3, 0.4) is 0 Å². The Morgan fingerprint density at radius 1 is 1.50 bits per heavy atom. The predicted molar refractivity (Wildman–Crippen MR) is 71.5 cm³/mol. The fourth-order valence-corrected chi connectivity index (χ4v) is 2.87. The van der Waals surface area contributed by atoms with Crippen LogP contribution in [0, 0.1) is 0 Å². The van der Waals surface area contributed by atoms with E-state index in [1.165, 1.54) is 25.7 Å². The molecule has 1 rings (SSSR count). The summed E-state index contributed by atoms with van der Waals surface area (Å²) in [4.78, 5) is 0. The minimum atomic E-state index is 0.453. The fourth-order valence-electron chi connectivity index (χ4n) is 1.99. The standard InChI is InChI=1S/C12H26N2OS/c1-10(2)16-9-11(14-13)5-3-6-12-7-4-8-15-12/h10-12,14H,3-9,13H2,1-2H3. The summed E-state index contributed by atoms with van der Waals surface area (Å²) in [6.45, 7) is 5.42. The molecule has 1 saturated heterocycles. The number of rotatable bonds is 8. The Balaban J connectivity index is 2.03. The van der Waals surface area contributed by atoms with Gasteiger partial charge in [-0.05, 0) is 37.4 Å². The lowest BCUT2D eigenvalue weighted by Gasteiger charge is -2.17. The van der Waals surface area contributed by atoms with Crippen LogP contribution >= 0.6 is 11.8 Å². The van der Waals surface area contributed by atoms with Gasteiger partial charge in [0.2, 0.25) is 0 Å². The molecular formula is C12H26N2OS. The summed E-state index contributed by atoms with van der Waals surface area (Å²) in [6, 6.07) is 0.453. The Morgan fingerprint density at radius 3 is 2.88 bits per heavy atom. The van der Waals surface area contributed by atoms with E-state index in [4.69, 9.17) is 10.6 Å². The van der Waals surface area contributed by atoms with Gasteiger partial charge in [-0.2, -0.15) is 11.8 Å². The highest BCUT2D eigenvalue weighted by Crippen LogP contribution is 2.19. The molecular weight excluding hydrogens is 220 g/mol. The first kappa shape index (κ1) is 14.3. The molecule has 16 heavy (non-hydrogen) atoms. The van der Waals surface area contributed by atoms with E-state index in [2.05, 4.69) is 19.3 Å². The smallest absolute Gasteiger partial charge is 0.0576 e. The third-order valence-electron chi connectivity index (χ3n) is 2.97. The monoisotopic (exact) mass is 246 g/mol. The molecule has 3 N–H and O–H groups in total. The molecule has 2 unspecified atom stereocenters. The topological polar surface area (TPSA) is 47.3 Å². The Bertz CT molecular complexity index is 172. The number of ether oxygens (including phenoxy) is 1. The molecule has 0 saturated carbocycles. The summed E-state index contributed by atoms with van der Waals surface area (Å²) in [5.74, 6) is 6.67. The molecule has 0 radical (unpaired) electrons. The van der Waals surface area contributed by atoms with Crippen molar-refractivity contribution >= 4 is 11.8 Å². The normalized spacial score (nSPS) is 22.9. The molecule has 0 aromatic heterocycles. The van der Waals surface area contributed by atoms with E-state index < -0.39 is 0 Å². The van der Waals surface area contributed by atoms with E-state index >= 15 is 0 Å². The summed E-state index contributed by atoms with van der Waals surface area (Å²) >= 11 is 1.97. The van der Waals surface area contributed by atoms with Crippen LogP contribution in [0.15, 0.2) is 0 Å². The first-order valence-electron chi connectivity index (χ1n) is 6.41. The lowest BCUT2D eigenvalue weighted by molar-refractivity contribution is 0.101. The van der Waals surface area contributed by atoms with E-state index in [0.29, 0.717) is 17.4 Å². The quantitative estimate of drug-likeness (QED) is 0.510. The SMILES string of the molecule is CC(C)SCC(CCCC1CCCO1)NN. The number of nitrogens with two attached hydrogens (primary N) is 1. The number of hydrazine groups is 1. The molecule has 2 atom stereocenters. The summed E-state index contributed by atoms with van der Waals surface area (Å²) in [6.07, 6.45) is 6.60. The molecule has 0 bridgehead atoms. The van der Waals surface area contributed by atoms with Gasteiger partial charge in [-0.25, -0.2) is 0 Å².